The fourth-order valence-corrected chi connectivity index (χ4v) is 1.93. The molecular formula is C9H20N2. The second kappa shape index (κ2) is 4.07. The molecule has 0 aromatic heterocycles. The van der Waals surface area contributed by atoms with E-state index < -0.39 is 0 Å². The molecule has 66 valence electrons. The Balaban J connectivity index is 2.42. The summed E-state index contributed by atoms with van der Waals surface area (Å²) in [6.45, 7) is 6.64. The highest BCUT2D eigenvalue weighted by Gasteiger charge is 2.25. The van der Waals surface area contributed by atoms with Crippen LogP contribution in [0.5, 0.6) is 0 Å². The number of likely N-dealkylation sites (tertiary alicyclic amines) is 1. The van der Waals surface area contributed by atoms with Crippen LogP contribution in [0.15, 0.2) is 0 Å². The van der Waals surface area contributed by atoms with E-state index >= 15 is 0 Å². The predicted octanol–water partition coefficient (Wildman–Crippen LogP) is 1.21. The van der Waals surface area contributed by atoms with E-state index in [1.807, 2.05) is 0 Å². The van der Waals surface area contributed by atoms with Crippen molar-refractivity contribution in [3.8, 4) is 0 Å². The van der Waals surface area contributed by atoms with Crippen molar-refractivity contribution in [2.45, 2.75) is 45.2 Å². The van der Waals surface area contributed by atoms with Gasteiger partial charge in [-0.05, 0) is 32.7 Å². The van der Waals surface area contributed by atoms with Crippen molar-refractivity contribution in [2.24, 2.45) is 5.73 Å². The average Bonchev–Trinajstić information content (AvgIpc) is 2.50. The fourth-order valence-electron chi connectivity index (χ4n) is 1.93. The molecule has 0 spiro atoms. The third kappa shape index (κ3) is 1.94. The van der Waals surface area contributed by atoms with Crippen molar-refractivity contribution >= 4 is 0 Å². The van der Waals surface area contributed by atoms with E-state index in [-0.39, 0.29) is 0 Å². The normalized spacial score (nSPS) is 29.2. The Kier molecular flexibility index (Phi) is 3.34. The molecule has 0 bridgehead atoms. The lowest BCUT2D eigenvalue weighted by molar-refractivity contribution is 0.191. The summed E-state index contributed by atoms with van der Waals surface area (Å²) in [5, 5.41) is 0. The Hall–Kier alpha value is -0.0800. The zero-order valence-corrected chi connectivity index (χ0v) is 7.71. The van der Waals surface area contributed by atoms with Gasteiger partial charge in [0.25, 0.3) is 0 Å². The first-order valence-corrected chi connectivity index (χ1v) is 4.75. The van der Waals surface area contributed by atoms with Crippen LogP contribution in [0.25, 0.3) is 0 Å². The van der Waals surface area contributed by atoms with Gasteiger partial charge in [-0.25, -0.2) is 0 Å². The lowest BCUT2D eigenvalue weighted by atomic mass is 10.2. The quantitative estimate of drug-likeness (QED) is 0.665. The predicted molar refractivity (Wildman–Crippen MR) is 48.5 cm³/mol. The molecular weight excluding hydrogens is 136 g/mol. The van der Waals surface area contributed by atoms with E-state index in [1.54, 1.807) is 0 Å². The van der Waals surface area contributed by atoms with Gasteiger partial charge in [0.05, 0.1) is 0 Å². The molecule has 0 radical (unpaired) electrons. The van der Waals surface area contributed by atoms with Gasteiger partial charge in [-0.1, -0.05) is 6.92 Å². The number of nitrogens with zero attached hydrogens (tertiary/aromatic N) is 1. The topological polar surface area (TPSA) is 29.3 Å². The fraction of sp³-hybridized carbons (Fsp3) is 1.00. The summed E-state index contributed by atoms with van der Waals surface area (Å²) in [5.41, 5.74) is 5.68. The summed E-state index contributed by atoms with van der Waals surface area (Å²) in [5.74, 6) is 0. The van der Waals surface area contributed by atoms with Gasteiger partial charge in [0.15, 0.2) is 0 Å². The smallest absolute Gasteiger partial charge is 0.0221 e. The summed E-state index contributed by atoms with van der Waals surface area (Å²) >= 11 is 0. The van der Waals surface area contributed by atoms with Crippen LogP contribution in [0.2, 0.25) is 0 Å². The summed E-state index contributed by atoms with van der Waals surface area (Å²) in [6.07, 6.45) is 3.89. The van der Waals surface area contributed by atoms with Crippen LogP contribution in [0, 0.1) is 0 Å². The lowest BCUT2D eigenvalue weighted by Gasteiger charge is -2.28. The summed E-state index contributed by atoms with van der Waals surface area (Å²) in [4.78, 5) is 2.56. The summed E-state index contributed by atoms with van der Waals surface area (Å²) in [6, 6.07) is 1.40. The maximum Gasteiger partial charge on any atom is 0.0221 e. The third-order valence-electron chi connectivity index (χ3n) is 2.85. The minimum Gasteiger partial charge on any atom is -0.329 e. The molecule has 2 nitrogen and oxygen atoms in total. The molecule has 1 rings (SSSR count). The van der Waals surface area contributed by atoms with Crippen LogP contribution in [0.3, 0.4) is 0 Å². The molecule has 2 N–H and O–H groups in total. The minimum absolute atomic E-state index is 0.671. The van der Waals surface area contributed by atoms with Crippen molar-refractivity contribution in [3.05, 3.63) is 0 Å². The number of hydrogen-bond acceptors (Lipinski definition) is 2. The molecule has 1 saturated heterocycles. The molecule has 1 heterocycles. The van der Waals surface area contributed by atoms with Crippen molar-refractivity contribution < 1.29 is 0 Å². The Bertz CT molecular complexity index is 114. The first-order chi connectivity index (χ1) is 5.29. The van der Waals surface area contributed by atoms with Gasteiger partial charge < -0.3 is 5.73 Å². The first-order valence-electron chi connectivity index (χ1n) is 4.75. The summed E-state index contributed by atoms with van der Waals surface area (Å²) < 4.78 is 0. The van der Waals surface area contributed by atoms with Gasteiger partial charge in [0.1, 0.15) is 0 Å². The SMILES string of the molecule is CCC(C)N1CCCC1CN. The van der Waals surface area contributed by atoms with Gasteiger partial charge in [-0.15, -0.1) is 0 Å². The minimum atomic E-state index is 0.671. The Morgan fingerprint density at radius 2 is 2.36 bits per heavy atom. The molecule has 1 aliphatic heterocycles. The zero-order chi connectivity index (χ0) is 8.27. The number of rotatable bonds is 3. The van der Waals surface area contributed by atoms with E-state index in [2.05, 4.69) is 18.7 Å². The van der Waals surface area contributed by atoms with Crippen LogP contribution < -0.4 is 5.73 Å². The van der Waals surface area contributed by atoms with Crippen LogP contribution in [-0.2, 0) is 0 Å². The molecule has 0 aromatic rings. The average molecular weight is 156 g/mol. The molecule has 1 fully saturated rings. The van der Waals surface area contributed by atoms with E-state index in [0.29, 0.717) is 6.04 Å². The molecule has 2 atom stereocenters. The lowest BCUT2D eigenvalue weighted by Crippen LogP contribution is -2.40. The highest BCUT2D eigenvalue weighted by Crippen LogP contribution is 2.20. The van der Waals surface area contributed by atoms with Gasteiger partial charge in [0.2, 0.25) is 0 Å². The Morgan fingerprint density at radius 1 is 1.64 bits per heavy atom. The zero-order valence-electron chi connectivity index (χ0n) is 7.71. The highest BCUT2D eigenvalue weighted by atomic mass is 15.2. The van der Waals surface area contributed by atoms with Crippen LogP contribution in [0.4, 0.5) is 0 Å². The van der Waals surface area contributed by atoms with Crippen molar-refractivity contribution in [1.82, 2.24) is 4.90 Å². The molecule has 2 heteroatoms. The van der Waals surface area contributed by atoms with Gasteiger partial charge in [-0.2, -0.15) is 0 Å². The second-order valence-electron chi connectivity index (χ2n) is 3.53. The second-order valence-corrected chi connectivity index (χ2v) is 3.53. The largest absolute Gasteiger partial charge is 0.329 e. The van der Waals surface area contributed by atoms with E-state index in [1.165, 1.54) is 25.8 Å². The number of hydrogen-bond donors (Lipinski definition) is 1. The van der Waals surface area contributed by atoms with Crippen LogP contribution >= 0.6 is 0 Å². The molecule has 0 saturated carbocycles. The molecule has 0 aliphatic carbocycles. The molecule has 1 aliphatic rings. The van der Waals surface area contributed by atoms with Gasteiger partial charge in [-0.3, -0.25) is 4.90 Å². The monoisotopic (exact) mass is 156 g/mol. The van der Waals surface area contributed by atoms with Crippen molar-refractivity contribution in [1.29, 1.82) is 0 Å². The maximum absolute atomic E-state index is 5.68. The van der Waals surface area contributed by atoms with E-state index in [0.717, 1.165) is 12.6 Å². The molecule has 2 unspecified atom stereocenters. The standard InChI is InChI=1S/C9H20N2/c1-3-8(2)11-6-4-5-9(11)7-10/h8-9H,3-7,10H2,1-2H3. The van der Waals surface area contributed by atoms with Crippen LogP contribution in [-0.4, -0.2) is 30.1 Å². The number of nitrogens with two attached hydrogens (primary N) is 1. The molecule has 0 aromatic carbocycles. The van der Waals surface area contributed by atoms with E-state index in [4.69, 9.17) is 5.73 Å². The van der Waals surface area contributed by atoms with Gasteiger partial charge >= 0.3 is 0 Å². The summed E-state index contributed by atoms with van der Waals surface area (Å²) in [7, 11) is 0. The van der Waals surface area contributed by atoms with Gasteiger partial charge in [0, 0.05) is 18.6 Å². The maximum atomic E-state index is 5.68. The Labute approximate surface area is 69.8 Å². The third-order valence-corrected chi connectivity index (χ3v) is 2.85. The Morgan fingerprint density at radius 3 is 2.91 bits per heavy atom. The first kappa shape index (κ1) is 9.01. The molecule has 0 amide bonds. The van der Waals surface area contributed by atoms with Crippen molar-refractivity contribution in [3.63, 3.8) is 0 Å². The highest BCUT2D eigenvalue weighted by molar-refractivity contribution is 4.82. The molecule has 11 heavy (non-hydrogen) atoms. The van der Waals surface area contributed by atoms with Crippen LogP contribution in [0.1, 0.15) is 33.1 Å². The van der Waals surface area contributed by atoms with Crippen molar-refractivity contribution in [2.75, 3.05) is 13.1 Å². The van der Waals surface area contributed by atoms with E-state index in [9.17, 15) is 0 Å².